The van der Waals surface area contributed by atoms with Crippen molar-refractivity contribution in [1.29, 1.82) is 0 Å². The number of alkyl halides is 2. The Kier molecular flexibility index (Phi) is 3.55. The lowest BCUT2D eigenvalue weighted by molar-refractivity contribution is -0.0501. The molecular formula is C6H4ClF2NOS. The van der Waals surface area contributed by atoms with Gasteiger partial charge in [0, 0.05) is 11.0 Å². The highest BCUT2D eigenvalue weighted by molar-refractivity contribution is 8.21. The zero-order chi connectivity index (χ0) is 8.97. The third-order valence-corrected chi connectivity index (χ3v) is 1.89. The first-order valence-electron chi connectivity index (χ1n) is 2.92. The van der Waals surface area contributed by atoms with E-state index in [1.165, 1.54) is 18.3 Å². The van der Waals surface area contributed by atoms with Gasteiger partial charge < -0.3 is 4.74 Å². The minimum absolute atomic E-state index is 0.0273. The topological polar surface area (TPSA) is 22.1 Å². The van der Waals surface area contributed by atoms with E-state index in [4.69, 9.17) is 10.7 Å². The number of hydrogen-bond acceptors (Lipinski definition) is 3. The molecule has 0 saturated carbocycles. The summed E-state index contributed by atoms with van der Waals surface area (Å²) in [5, 5.41) is 0.540. The van der Waals surface area contributed by atoms with E-state index in [2.05, 4.69) is 9.72 Å². The summed E-state index contributed by atoms with van der Waals surface area (Å²) in [7, 11) is 6.26. The Balaban J connectivity index is 2.65. The highest BCUT2D eigenvalue weighted by Crippen LogP contribution is 2.21. The molecule has 66 valence electrons. The van der Waals surface area contributed by atoms with Crippen molar-refractivity contribution >= 4 is 21.7 Å². The van der Waals surface area contributed by atoms with Crippen molar-refractivity contribution < 1.29 is 13.5 Å². The summed E-state index contributed by atoms with van der Waals surface area (Å²) >= 11 is 0. The second kappa shape index (κ2) is 4.47. The van der Waals surface area contributed by atoms with Crippen LogP contribution in [0.15, 0.2) is 23.4 Å². The summed E-state index contributed by atoms with van der Waals surface area (Å²) in [4.78, 5) is 3.72. The molecule has 0 bridgehead atoms. The summed E-state index contributed by atoms with van der Waals surface area (Å²) in [6.45, 7) is -2.82. The third kappa shape index (κ3) is 2.83. The van der Waals surface area contributed by atoms with Crippen LogP contribution in [0.3, 0.4) is 0 Å². The zero-order valence-corrected chi connectivity index (χ0v) is 7.28. The second-order valence-electron chi connectivity index (χ2n) is 1.79. The first-order chi connectivity index (χ1) is 5.72. The van der Waals surface area contributed by atoms with Gasteiger partial charge in [0.05, 0.1) is 6.20 Å². The molecule has 0 amide bonds. The number of hydrogen-bond donors (Lipinski definition) is 0. The van der Waals surface area contributed by atoms with Crippen molar-refractivity contribution in [1.82, 2.24) is 4.98 Å². The molecular weight excluding hydrogens is 208 g/mol. The lowest BCUT2D eigenvalue weighted by Crippen LogP contribution is -2.01. The van der Waals surface area contributed by atoms with E-state index in [0.717, 1.165) is 11.0 Å². The van der Waals surface area contributed by atoms with Gasteiger partial charge in [-0.2, -0.15) is 8.78 Å². The van der Waals surface area contributed by atoms with Crippen LogP contribution in [0, 0.1) is 0 Å². The van der Waals surface area contributed by atoms with Crippen molar-refractivity contribution in [2.24, 2.45) is 0 Å². The third-order valence-electron chi connectivity index (χ3n) is 1.01. The molecule has 1 aromatic heterocycles. The summed E-state index contributed by atoms with van der Waals surface area (Å²) in [6, 6.07) is 2.87. The molecule has 0 aliphatic rings. The molecule has 0 N–H and O–H groups in total. The van der Waals surface area contributed by atoms with Gasteiger partial charge >= 0.3 is 6.61 Å². The van der Waals surface area contributed by atoms with Gasteiger partial charge in [-0.1, -0.05) is 0 Å². The molecule has 0 atom stereocenters. The first kappa shape index (κ1) is 9.54. The zero-order valence-electron chi connectivity index (χ0n) is 5.71. The van der Waals surface area contributed by atoms with E-state index in [9.17, 15) is 8.78 Å². The SMILES string of the molecule is FC(F)Oc1ccc(SCl)nc1. The minimum atomic E-state index is -2.82. The number of halogens is 3. The Morgan fingerprint density at radius 3 is 2.67 bits per heavy atom. The van der Waals surface area contributed by atoms with Crippen molar-refractivity contribution in [2.75, 3.05) is 0 Å². The molecule has 2 nitrogen and oxygen atoms in total. The Bertz CT molecular complexity index is 244. The van der Waals surface area contributed by atoms with Crippen molar-refractivity contribution in [3.63, 3.8) is 0 Å². The maximum Gasteiger partial charge on any atom is 0.387 e. The van der Waals surface area contributed by atoms with Crippen molar-refractivity contribution in [3.05, 3.63) is 18.3 Å². The fraction of sp³-hybridized carbons (Fsp3) is 0.167. The van der Waals surface area contributed by atoms with E-state index in [0.29, 0.717) is 5.03 Å². The molecule has 0 radical (unpaired) electrons. The monoisotopic (exact) mass is 211 g/mol. The van der Waals surface area contributed by atoms with E-state index >= 15 is 0 Å². The summed E-state index contributed by atoms with van der Waals surface area (Å²) in [5.74, 6) is 0.0273. The maximum absolute atomic E-state index is 11.6. The standard InChI is InChI=1S/C6H4ClF2NOS/c7-12-5-2-1-4(3-10-5)11-6(8)9/h1-3,6H. The smallest absolute Gasteiger partial charge is 0.387 e. The van der Waals surface area contributed by atoms with Gasteiger partial charge in [-0.3, -0.25) is 0 Å². The molecule has 6 heteroatoms. The first-order valence-corrected chi connectivity index (χ1v) is 4.56. The molecule has 1 rings (SSSR count). The predicted molar refractivity (Wildman–Crippen MR) is 42.6 cm³/mol. The van der Waals surface area contributed by atoms with Crippen LogP contribution < -0.4 is 4.74 Å². The van der Waals surface area contributed by atoms with Crippen LogP contribution in [0.4, 0.5) is 8.78 Å². The Hall–Kier alpha value is -0.550. The number of rotatable bonds is 3. The molecule has 0 spiro atoms. The molecule has 12 heavy (non-hydrogen) atoms. The Morgan fingerprint density at radius 2 is 2.25 bits per heavy atom. The van der Waals surface area contributed by atoms with Crippen molar-refractivity contribution in [3.8, 4) is 5.75 Å². The molecule has 0 fully saturated rings. The molecule has 0 aliphatic carbocycles. The highest BCUT2D eigenvalue weighted by atomic mass is 35.7. The van der Waals surface area contributed by atoms with Crippen LogP contribution in [0.25, 0.3) is 0 Å². The largest absolute Gasteiger partial charge is 0.433 e. The van der Waals surface area contributed by atoms with Crippen molar-refractivity contribution in [2.45, 2.75) is 11.6 Å². The Morgan fingerprint density at radius 1 is 1.50 bits per heavy atom. The maximum atomic E-state index is 11.6. The van der Waals surface area contributed by atoms with Gasteiger partial charge in [-0.25, -0.2) is 4.98 Å². The van der Waals surface area contributed by atoms with Gasteiger partial charge in [0.2, 0.25) is 0 Å². The lowest BCUT2D eigenvalue weighted by atomic mass is 10.5. The average molecular weight is 212 g/mol. The summed E-state index contributed by atoms with van der Waals surface area (Å²) in [6.07, 6.45) is 1.19. The fourth-order valence-electron chi connectivity index (χ4n) is 0.585. The molecule has 0 aromatic carbocycles. The number of pyridine rings is 1. The van der Waals surface area contributed by atoms with Crippen LogP contribution in [-0.2, 0) is 0 Å². The predicted octanol–water partition coefficient (Wildman–Crippen LogP) is 2.93. The van der Waals surface area contributed by atoms with Gasteiger partial charge in [0.25, 0.3) is 0 Å². The van der Waals surface area contributed by atoms with E-state index in [1.807, 2.05) is 0 Å². The lowest BCUT2D eigenvalue weighted by Gasteiger charge is -2.02. The Labute approximate surface area is 76.4 Å². The highest BCUT2D eigenvalue weighted by Gasteiger charge is 2.03. The number of nitrogens with zero attached hydrogens (tertiary/aromatic N) is 1. The van der Waals surface area contributed by atoms with Crippen LogP contribution in [0.5, 0.6) is 5.75 Å². The number of aromatic nitrogens is 1. The van der Waals surface area contributed by atoms with Crippen LogP contribution >= 0.6 is 21.7 Å². The molecule has 0 aliphatic heterocycles. The summed E-state index contributed by atoms with van der Waals surface area (Å²) < 4.78 is 27.3. The van der Waals surface area contributed by atoms with E-state index < -0.39 is 6.61 Å². The van der Waals surface area contributed by atoms with E-state index in [-0.39, 0.29) is 5.75 Å². The normalized spacial score (nSPS) is 10.3. The van der Waals surface area contributed by atoms with Gasteiger partial charge in [-0.15, -0.1) is 0 Å². The molecule has 0 saturated heterocycles. The number of ether oxygens (including phenoxy) is 1. The van der Waals surface area contributed by atoms with Gasteiger partial charge in [-0.05, 0) is 22.8 Å². The molecule has 1 aromatic rings. The van der Waals surface area contributed by atoms with Crippen LogP contribution in [-0.4, -0.2) is 11.6 Å². The quantitative estimate of drug-likeness (QED) is 0.768. The fourth-order valence-corrected chi connectivity index (χ4v) is 1.07. The molecule has 0 unspecified atom stereocenters. The minimum Gasteiger partial charge on any atom is -0.433 e. The van der Waals surface area contributed by atoms with Crippen LogP contribution in [0.2, 0.25) is 0 Å². The molecule has 1 heterocycles. The second-order valence-corrected chi connectivity index (χ2v) is 2.82. The van der Waals surface area contributed by atoms with Crippen LogP contribution in [0.1, 0.15) is 0 Å². The van der Waals surface area contributed by atoms with E-state index in [1.54, 1.807) is 0 Å². The summed E-state index contributed by atoms with van der Waals surface area (Å²) in [5.41, 5.74) is 0. The van der Waals surface area contributed by atoms with Gasteiger partial charge in [0.1, 0.15) is 10.8 Å². The average Bonchev–Trinajstić information content (AvgIpc) is 2.05. The van der Waals surface area contributed by atoms with Gasteiger partial charge in [0.15, 0.2) is 0 Å².